The summed E-state index contributed by atoms with van der Waals surface area (Å²) in [7, 11) is 2.07. The van der Waals surface area contributed by atoms with Crippen molar-refractivity contribution in [3.8, 4) is 0 Å². The second kappa shape index (κ2) is 5.22. The van der Waals surface area contributed by atoms with E-state index < -0.39 is 6.23 Å². The minimum absolute atomic E-state index is 0.121. The zero-order valence-electron chi connectivity index (χ0n) is 13.3. The van der Waals surface area contributed by atoms with E-state index in [0.717, 1.165) is 11.9 Å². The van der Waals surface area contributed by atoms with Crippen LogP contribution >= 0.6 is 0 Å². The van der Waals surface area contributed by atoms with Crippen molar-refractivity contribution in [1.82, 2.24) is 15.2 Å². The van der Waals surface area contributed by atoms with Crippen molar-refractivity contribution >= 4 is 22.4 Å². The Bertz CT molecular complexity index is 806. The molecule has 0 saturated carbocycles. The summed E-state index contributed by atoms with van der Waals surface area (Å²) in [5, 5.41) is 13.3. The highest BCUT2D eigenvalue weighted by atomic mass is 16.3. The maximum atomic E-state index is 12.3. The fourth-order valence-corrected chi connectivity index (χ4v) is 3.93. The van der Waals surface area contributed by atoms with Gasteiger partial charge in [0.2, 0.25) is 5.91 Å². The number of hydrogen-bond acceptors (Lipinski definition) is 3. The molecule has 1 aliphatic carbocycles. The highest BCUT2D eigenvalue weighted by Gasteiger charge is 2.35. The van der Waals surface area contributed by atoms with E-state index in [-0.39, 0.29) is 11.8 Å². The third-order valence-electron chi connectivity index (χ3n) is 4.96. The molecule has 3 N–H and O–H groups in total. The van der Waals surface area contributed by atoms with Crippen LogP contribution in [0.1, 0.15) is 18.1 Å². The van der Waals surface area contributed by atoms with E-state index in [2.05, 4.69) is 52.7 Å². The highest BCUT2D eigenvalue weighted by molar-refractivity contribution is 5.99. The SMILES string of the molecule is C[C@H](O)NC(=O)[C@H]1C=C2c3cccc4[nH]cc(c34)C[C@H]2N(C)C1. The molecule has 2 aromatic rings. The summed E-state index contributed by atoms with van der Waals surface area (Å²) in [4.78, 5) is 17.9. The summed E-state index contributed by atoms with van der Waals surface area (Å²) in [6, 6.07) is 6.59. The lowest BCUT2D eigenvalue weighted by atomic mass is 9.80. The first-order valence-corrected chi connectivity index (χ1v) is 8.04. The molecule has 0 bridgehead atoms. The van der Waals surface area contributed by atoms with E-state index in [0.29, 0.717) is 12.6 Å². The molecule has 5 heteroatoms. The maximum Gasteiger partial charge on any atom is 0.230 e. The van der Waals surface area contributed by atoms with Gasteiger partial charge in [-0.3, -0.25) is 9.69 Å². The Morgan fingerprint density at radius 3 is 3.09 bits per heavy atom. The molecule has 2 aliphatic rings. The van der Waals surface area contributed by atoms with Crippen LogP contribution in [-0.4, -0.2) is 46.8 Å². The van der Waals surface area contributed by atoms with E-state index in [1.807, 2.05) is 0 Å². The smallest absolute Gasteiger partial charge is 0.230 e. The second-order valence-corrected chi connectivity index (χ2v) is 6.61. The van der Waals surface area contributed by atoms with Crippen LogP contribution in [0.25, 0.3) is 16.5 Å². The summed E-state index contributed by atoms with van der Waals surface area (Å²) >= 11 is 0. The van der Waals surface area contributed by atoms with Crippen molar-refractivity contribution in [2.24, 2.45) is 5.92 Å². The van der Waals surface area contributed by atoms with Crippen LogP contribution in [0.2, 0.25) is 0 Å². The van der Waals surface area contributed by atoms with Crippen molar-refractivity contribution in [3.63, 3.8) is 0 Å². The van der Waals surface area contributed by atoms with Gasteiger partial charge >= 0.3 is 0 Å². The fourth-order valence-electron chi connectivity index (χ4n) is 3.93. The minimum atomic E-state index is -0.824. The number of nitrogens with one attached hydrogen (secondary N) is 2. The molecule has 120 valence electrons. The number of H-pyrrole nitrogens is 1. The van der Waals surface area contributed by atoms with Crippen LogP contribution in [0.4, 0.5) is 0 Å². The van der Waals surface area contributed by atoms with Gasteiger partial charge < -0.3 is 15.4 Å². The Balaban J connectivity index is 1.80. The number of rotatable bonds is 2. The molecule has 5 nitrogen and oxygen atoms in total. The van der Waals surface area contributed by atoms with Crippen LogP contribution in [0, 0.1) is 5.92 Å². The van der Waals surface area contributed by atoms with E-state index in [9.17, 15) is 9.90 Å². The Kier molecular flexibility index (Phi) is 3.28. The van der Waals surface area contributed by atoms with Gasteiger partial charge in [-0.05, 0) is 43.2 Å². The predicted molar refractivity (Wildman–Crippen MR) is 89.7 cm³/mol. The van der Waals surface area contributed by atoms with Crippen molar-refractivity contribution in [1.29, 1.82) is 0 Å². The number of carbonyl (C=O) groups is 1. The number of hydrogen-bond donors (Lipinski definition) is 3. The number of aliphatic hydroxyl groups excluding tert-OH is 1. The second-order valence-electron chi connectivity index (χ2n) is 6.61. The minimum Gasteiger partial charge on any atom is -0.374 e. The first-order chi connectivity index (χ1) is 11.0. The number of fused-ring (bicyclic) bond motifs is 2. The van der Waals surface area contributed by atoms with Crippen molar-refractivity contribution in [2.45, 2.75) is 25.6 Å². The molecular formula is C18H21N3O2. The number of aromatic amines is 1. The van der Waals surface area contributed by atoms with Gasteiger partial charge in [-0.25, -0.2) is 0 Å². The first kappa shape index (κ1) is 14.5. The van der Waals surface area contributed by atoms with Crippen LogP contribution in [-0.2, 0) is 11.2 Å². The maximum absolute atomic E-state index is 12.3. The van der Waals surface area contributed by atoms with Crippen LogP contribution in [0.15, 0.2) is 30.5 Å². The normalized spacial score (nSPS) is 24.9. The predicted octanol–water partition coefficient (Wildman–Crippen LogP) is 1.49. The van der Waals surface area contributed by atoms with Gasteiger partial charge in [-0.1, -0.05) is 18.2 Å². The van der Waals surface area contributed by atoms with Crippen molar-refractivity contribution in [2.75, 3.05) is 13.6 Å². The lowest BCUT2D eigenvalue weighted by molar-refractivity contribution is -0.127. The third-order valence-corrected chi connectivity index (χ3v) is 4.96. The standard InChI is InChI=1S/C18H21N3O2/c1-10(22)20-18(23)12-6-14-13-4-3-5-15-17(13)11(8-19-15)7-16(14)21(2)9-12/h3-6,8,10,12,16,19,22H,7,9H2,1-2H3,(H,20,23)/t10-,12-,16+/m0/s1. The van der Waals surface area contributed by atoms with Gasteiger partial charge in [0.15, 0.2) is 0 Å². The molecule has 0 saturated heterocycles. The number of nitrogens with zero attached hydrogens (tertiary/aromatic N) is 1. The van der Waals surface area contributed by atoms with Crippen molar-refractivity contribution in [3.05, 3.63) is 41.6 Å². The molecule has 1 aromatic heterocycles. The monoisotopic (exact) mass is 311 g/mol. The van der Waals surface area contributed by atoms with Gasteiger partial charge in [-0.2, -0.15) is 0 Å². The number of carbonyl (C=O) groups excluding carboxylic acids is 1. The van der Waals surface area contributed by atoms with Gasteiger partial charge in [0.1, 0.15) is 6.23 Å². The summed E-state index contributed by atoms with van der Waals surface area (Å²) in [5.41, 5.74) is 4.94. The third kappa shape index (κ3) is 2.28. The number of benzene rings is 1. The van der Waals surface area contributed by atoms with Gasteiger partial charge in [-0.15, -0.1) is 0 Å². The Morgan fingerprint density at radius 1 is 1.48 bits per heavy atom. The molecule has 0 unspecified atom stereocenters. The number of aliphatic hydroxyl groups is 1. The van der Waals surface area contributed by atoms with Crippen LogP contribution < -0.4 is 5.32 Å². The first-order valence-electron chi connectivity index (χ1n) is 8.04. The molecule has 1 aliphatic heterocycles. The molecule has 0 radical (unpaired) electrons. The Hall–Kier alpha value is -2.11. The molecule has 3 atom stereocenters. The molecule has 4 rings (SSSR count). The molecule has 0 fully saturated rings. The molecule has 1 aromatic carbocycles. The average Bonchev–Trinajstić information content (AvgIpc) is 2.92. The molecular weight excluding hydrogens is 290 g/mol. The van der Waals surface area contributed by atoms with Gasteiger partial charge in [0, 0.05) is 29.7 Å². The number of amides is 1. The largest absolute Gasteiger partial charge is 0.374 e. The van der Waals surface area contributed by atoms with E-state index >= 15 is 0 Å². The highest BCUT2D eigenvalue weighted by Crippen LogP contribution is 2.40. The van der Waals surface area contributed by atoms with Gasteiger partial charge in [0.05, 0.1) is 5.92 Å². The van der Waals surface area contributed by atoms with E-state index in [1.54, 1.807) is 6.92 Å². The zero-order valence-corrected chi connectivity index (χ0v) is 13.3. The summed E-state index contributed by atoms with van der Waals surface area (Å²) in [6.45, 7) is 2.23. The molecule has 0 spiro atoms. The van der Waals surface area contributed by atoms with Gasteiger partial charge in [0.25, 0.3) is 0 Å². The van der Waals surface area contributed by atoms with Crippen LogP contribution in [0.3, 0.4) is 0 Å². The molecule has 2 heterocycles. The number of aromatic nitrogens is 1. The van der Waals surface area contributed by atoms with Crippen molar-refractivity contribution < 1.29 is 9.90 Å². The summed E-state index contributed by atoms with van der Waals surface area (Å²) in [6.07, 6.45) is 4.33. The Labute approximate surface area is 135 Å². The number of likely N-dealkylation sites (N-methyl/N-ethyl adjacent to an activating group) is 1. The summed E-state index contributed by atoms with van der Waals surface area (Å²) in [5.74, 6) is -0.360. The molecule has 1 amide bonds. The lowest BCUT2D eigenvalue weighted by Gasteiger charge is -2.39. The quantitative estimate of drug-likeness (QED) is 0.736. The molecule has 23 heavy (non-hydrogen) atoms. The Morgan fingerprint density at radius 2 is 2.30 bits per heavy atom. The van der Waals surface area contributed by atoms with E-state index in [1.165, 1.54) is 22.1 Å². The topological polar surface area (TPSA) is 68.4 Å². The zero-order chi connectivity index (χ0) is 16.1. The lowest BCUT2D eigenvalue weighted by Crippen LogP contribution is -2.47. The van der Waals surface area contributed by atoms with Crippen LogP contribution in [0.5, 0.6) is 0 Å². The van der Waals surface area contributed by atoms with E-state index in [4.69, 9.17) is 0 Å². The summed E-state index contributed by atoms with van der Waals surface area (Å²) < 4.78 is 0. The average molecular weight is 311 g/mol. The fraction of sp³-hybridized carbons (Fsp3) is 0.389.